The van der Waals surface area contributed by atoms with Gasteiger partial charge in [-0.1, -0.05) is 204 Å². The molecule has 1 unspecified atom stereocenters. The average molecular weight is 695 g/mol. The highest BCUT2D eigenvalue weighted by atomic mass is 14.4. The summed E-state index contributed by atoms with van der Waals surface area (Å²) in [4.78, 5) is 0. The predicted molar refractivity (Wildman–Crippen MR) is 230 cm³/mol. The van der Waals surface area contributed by atoms with Gasteiger partial charge in [-0.25, -0.2) is 0 Å². The van der Waals surface area contributed by atoms with Gasteiger partial charge in [0.25, 0.3) is 0 Å². The second-order valence-electron chi connectivity index (χ2n) is 18.1. The lowest BCUT2D eigenvalue weighted by Gasteiger charge is -2.42. The van der Waals surface area contributed by atoms with Crippen LogP contribution < -0.4 is 0 Å². The molecule has 0 heterocycles. The molecule has 3 aromatic rings. The lowest BCUT2D eigenvalue weighted by molar-refractivity contribution is 0.0957. The molecule has 6 rings (SSSR count). The van der Waals surface area contributed by atoms with Crippen molar-refractivity contribution < 1.29 is 0 Å². The number of hydrogen-bond donors (Lipinski definition) is 0. The van der Waals surface area contributed by atoms with Crippen LogP contribution in [0.4, 0.5) is 0 Å². The molecular formula is C51H82. The Morgan fingerprint density at radius 2 is 0.941 bits per heavy atom. The molecule has 51 heavy (non-hydrogen) atoms. The summed E-state index contributed by atoms with van der Waals surface area (Å²) in [6, 6.07) is 25.9. The second-order valence-corrected chi connectivity index (χ2v) is 18.1. The lowest BCUT2D eigenvalue weighted by Crippen LogP contribution is -2.30. The Balaban J connectivity index is 0.000000238. The Morgan fingerprint density at radius 1 is 0.549 bits per heavy atom. The van der Waals surface area contributed by atoms with E-state index in [0.29, 0.717) is 10.8 Å². The summed E-state index contributed by atoms with van der Waals surface area (Å²) < 4.78 is 0. The van der Waals surface area contributed by atoms with E-state index in [9.17, 15) is 0 Å². The molecule has 0 aromatic heterocycles. The SMILES string of the molecule is CC.CC1CCC(CC2CCC(C)CC2)CC1.CCC1(C)CCCC(C)(C)C1.Cc1ccc(Cc2ccc(C)cc2)cc1.Cc1ccccc1C. The average Bonchev–Trinajstić information content (AvgIpc) is 3.11. The Morgan fingerprint density at radius 3 is 1.25 bits per heavy atom. The third-order valence-electron chi connectivity index (χ3n) is 12.4. The number of aryl methyl sites for hydroxylation is 4. The van der Waals surface area contributed by atoms with E-state index in [4.69, 9.17) is 0 Å². The van der Waals surface area contributed by atoms with Gasteiger partial charge in [0.15, 0.2) is 0 Å². The minimum Gasteiger partial charge on any atom is -0.0683 e. The molecule has 3 fully saturated rings. The maximum Gasteiger partial charge on any atom is -0.00258 e. The molecule has 3 aliphatic rings. The molecule has 0 aliphatic heterocycles. The van der Waals surface area contributed by atoms with Gasteiger partial charge in [0.2, 0.25) is 0 Å². The molecule has 286 valence electrons. The number of rotatable bonds is 5. The van der Waals surface area contributed by atoms with E-state index in [1.54, 1.807) is 6.42 Å². The molecule has 0 amide bonds. The van der Waals surface area contributed by atoms with Crippen molar-refractivity contribution in [3.8, 4) is 0 Å². The van der Waals surface area contributed by atoms with E-state index in [2.05, 4.69) is 142 Å². The van der Waals surface area contributed by atoms with Crippen LogP contribution in [0.5, 0.6) is 0 Å². The van der Waals surface area contributed by atoms with E-state index in [1.807, 2.05) is 13.8 Å². The highest BCUT2D eigenvalue weighted by molar-refractivity contribution is 5.29. The van der Waals surface area contributed by atoms with Gasteiger partial charge in [-0.15, -0.1) is 0 Å². The summed E-state index contributed by atoms with van der Waals surface area (Å²) in [5, 5.41) is 0. The van der Waals surface area contributed by atoms with Crippen LogP contribution in [0.1, 0.15) is 179 Å². The number of benzene rings is 3. The van der Waals surface area contributed by atoms with E-state index in [0.717, 1.165) is 30.1 Å². The quantitative estimate of drug-likeness (QED) is 0.249. The van der Waals surface area contributed by atoms with Crippen LogP contribution in [-0.2, 0) is 6.42 Å². The first-order valence-electron chi connectivity index (χ1n) is 21.4. The molecule has 3 saturated carbocycles. The van der Waals surface area contributed by atoms with E-state index in [1.165, 1.54) is 117 Å². The van der Waals surface area contributed by atoms with Gasteiger partial charge in [0.1, 0.15) is 0 Å². The topological polar surface area (TPSA) is 0 Å². The molecular weight excluding hydrogens is 613 g/mol. The molecule has 0 radical (unpaired) electrons. The highest BCUT2D eigenvalue weighted by Crippen LogP contribution is 2.47. The molecule has 3 aromatic carbocycles. The summed E-state index contributed by atoms with van der Waals surface area (Å²) in [5.41, 5.74) is 9.41. The van der Waals surface area contributed by atoms with Crippen LogP contribution in [0, 0.1) is 62.2 Å². The first-order valence-corrected chi connectivity index (χ1v) is 21.4. The minimum atomic E-state index is 0.614. The van der Waals surface area contributed by atoms with Crippen LogP contribution in [0.15, 0.2) is 72.8 Å². The van der Waals surface area contributed by atoms with Crippen molar-refractivity contribution in [1.82, 2.24) is 0 Å². The van der Waals surface area contributed by atoms with Gasteiger partial charge in [0, 0.05) is 0 Å². The summed E-state index contributed by atoms with van der Waals surface area (Å²) in [5.74, 6) is 4.24. The van der Waals surface area contributed by atoms with E-state index in [-0.39, 0.29) is 0 Å². The third-order valence-corrected chi connectivity index (χ3v) is 12.4. The lowest BCUT2D eigenvalue weighted by atomic mass is 9.63. The Bertz CT molecular complexity index is 1210. The van der Waals surface area contributed by atoms with Crippen molar-refractivity contribution in [2.45, 2.75) is 179 Å². The fourth-order valence-electron chi connectivity index (χ4n) is 8.54. The number of hydrogen-bond acceptors (Lipinski definition) is 0. The molecule has 3 aliphatic carbocycles. The zero-order valence-electron chi connectivity index (χ0n) is 35.8. The molecule has 0 heteroatoms. The maximum atomic E-state index is 2.45. The smallest absolute Gasteiger partial charge is 0.00258 e. The Hall–Kier alpha value is -2.34. The van der Waals surface area contributed by atoms with Gasteiger partial charge >= 0.3 is 0 Å². The van der Waals surface area contributed by atoms with Crippen LogP contribution >= 0.6 is 0 Å². The van der Waals surface area contributed by atoms with Gasteiger partial charge in [-0.3, -0.25) is 0 Å². The fourth-order valence-corrected chi connectivity index (χ4v) is 8.54. The normalized spacial score (nSPS) is 25.2. The third kappa shape index (κ3) is 18.3. The first-order chi connectivity index (χ1) is 24.3. The first kappa shape index (κ1) is 44.8. The standard InChI is InChI=1S/C15H28.C15H16.C11H22.C8H10.C2H6/c2*1-12-3-7-14(8-4-12)11-15-9-5-13(2)6-10-15;1-5-11(4)8-6-7-10(2,3)9-11;1-7-5-3-4-6-8(7)2;1-2/h12-15H,3-11H2,1-2H3;3-10H,11H2,1-2H3;5-9H2,1-4H3;3-6H,1-2H3;1-2H3. The van der Waals surface area contributed by atoms with Crippen molar-refractivity contribution in [3.63, 3.8) is 0 Å². The molecule has 0 saturated heterocycles. The summed E-state index contributed by atoms with van der Waals surface area (Å²) in [6.45, 7) is 27.0. The van der Waals surface area contributed by atoms with E-state index < -0.39 is 0 Å². The van der Waals surface area contributed by atoms with Crippen molar-refractivity contribution in [1.29, 1.82) is 0 Å². The second kappa shape index (κ2) is 23.4. The van der Waals surface area contributed by atoms with Crippen molar-refractivity contribution in [2.24, 2.45) is 34.5 Å². The monoisotopic (exact) mass is 695 g/mol. The molecule has 0 nitrogen and oxygen atoms in total. The van der Waals surface area contributed by atoms with Gasteiger partial charge in [0.05, 0.1) is 0 Å². The van der Waals surface area contributed by atoms with E-state index >= 15 is 0 Å². The largest absolute Gasteiger partial charge is 0.0683 e. The molecule has 0 N–H and O–H groups in total. The highest BCUT2D eigenvalue weighted by Gasteiger charge is 2.34. The van der Waals surface area contributed by atoms with Gasteiger partial charge < -0.3 is 0 Å². The molecule has 0 bridgehead atoms. The zero-order valence-corrected chi connectivity index (χ0v) is 35.8. The fraction of sp³-hybridized carbons (Fsp3) is 0.647. The zero-order chi connectivity index (χ0) is 37.9. The molecule has 0 spiro atoms. The maximum absolute atomic E-state index is 2.45. The van der Waals surface area contributed by atoms with Crippen LogP contribution in [0.25, 0.3) is 0 Å². The van der Waals surface area contributed by atoms with Crippen molar-refractivity contribution in [3.05, 3.63) is 106 Å². The van der Waals surface area contributed by atoms with Crippen LogP contribution in [0.3, 0.4) is 0 Å². The minimum absolute atomic E-state index is 0.614. The van der Waals surface area contributed by atoms with Crippen molar-refractivity contribution in [2.75, 3.05) is 0 Å². The van der Waals surface area contributed by atoms with Crippen molar-refractivity contribution >= 4 is 0 Å². The van der Waals surface area contributed by atoms with Gasteiger partial charge in [-0.2, -0.15) is 0 Å². The Kier molecular flexibility index (Phi) is 20.5. The summed E-state index contributed by atoms with van der Waals surface area (Å²) in [6.07, 6.45) is 21.9. The summed E-state index contributed by atoms with van der Waals surface area (Å²) >= 11 is 0. The Labute approximate surface area is 319 Å². The van der Waals surface area contributed by atoms with Crippen LogP contribution in [0.2, 0.25) is 0 Å². The predicted octanol–water partition coefficient (Wildman–Crippen LogP) is 16.3. The molecule has 1 atom stereocenters. The summed E-state index contributed by atoms with van der Waals surface area (Å²) in [7, 11) is 0. The van der Waals surface area contributed by atoms with Gasteiger partial charge in [-0.05, 0) is 117 Å². The van der Waals surface area contributed by atoms with Crippen LogP contribution in [-0.4, -0.2) is 0 Å².